The predicted molar refractivity (Wildman–Crippen MR) is 83.2 cm³/mol. The highest BCUT2D eigenvalue weighted by Crippen LogP contribution is 2.26. The molecule has 2 aromatic carbocycles. The molecule has 5 nitrogen and oxygen atoms in total. The van der Waals surface area contributed by atoms with Crippen LogP contribution in [0, 0.1) is 0 Å². The van der Waals surface area contributed by atoms with Crippen LogP contribution >= 0.6 is 23.2 Å². The Hall–Kier alpha value is -2.37. The van der Waals surface area contributed by atoms with Crippen molar-refractivity contribution in [2.45, 2.75) is 6.42 Å². The molecule has 0 saturated carbocycles. The first-order valence-electron chi connectivity index (χ1n) is 6.60. The molecule has 3 rings (SSSR count). The quantitative estimate of drug-likeness (QED) is 0.797. The lowest BCUT2D eigenvalue weighted by molar-refractivity contribution is -0.167. The number of amides is 2. The Morgan fingerprint density at radius 1 is 0.913 bits per heavy atom. The standard InChI is InChI=1S/C16H9Cl2NO4/c17-12-6-3-7-13(18)11(12)8-14(20)23-19-15(21)9-4-1-2-5-10(9)16(19)22/h1-7H,8H2. The maximum Gasteiger partial charge on any atom is 0.337 e. The van der Waals surface area contributed by atoms with Crippen LogP contribution in [0.25, 0.3) is 0 Å². The molecule has 7 heteroatoms. The monoisotopic (exact) mass is 349 g/mol. The summed E-state index contributed by atoms with van der Waals surface area (Å²) in [5, 5.41) is 1.06. The molecule has 2 aromatic rings. The van der Waals surface area contributed by atoms with Crippen molar-refractivity contribution in [3.63, 3.8) is 0 Å². The van der Waals surface area contributed by atoms with Gasteiger partial charge >= 0.3 is 5.97 Å². The molecule has 1 heterocycles. The van der Waals surface area contributed by atoms with E-state index < -0.39 is 17.8 Å². The van der Waals surface area contributed by atoms with E-state index in [0.29, 0.717) is 20.7 Å². The Morgan fingerprint density at radius 3 is 1.96 bits per heavy atom. The first-order chi connectivity index (χ1) is 11.0. The van der Waals surface area contributed by atoms with Crippen LogP contribution in [0.2, 0.25) is 10.0 Å². The first kappa shape index (κ1) is 15.5. The number of carbonyl (C=O) groups is 3. The number of imide groups is 1. The van der Waals surface area contributed by atoms with Crippen LogP contribution in [0.4, 0.5) is 0 Å². The van der Waals surface area contributed by atoms with Crippen LogP contribution in [0.1, 0.15) is 26.3 Å². The molecule has 1 aliphatic heterocycles. The van der Waals surface area contributed by atoms with Gasteiger partial charge in [0.05, 0.1) is 17.5 Å². The fourth-order valence-electron chi connectivity index (χ4n) is 2.23. The van der Waals surface area contributed by atoms with E-state index in [1.165, 1.54) is 12.1 Å². The second-order valence-electron chi connectivity index (χ2n) is 4.79. The highest BCUT2D eigenvalue weighted by molar-refractivity contribution is 6.36. The van der Waals surface area contributed by atoms with Crippen molar-refractivity contribution in [2.75, 3.05) is 0 Å². The van der Waals surface area contributed by atoms with Crippen molar-refractivity contribution in [3.05, 3.63) is 69.2 Å². The molecule has 0 atom stereocenters. The zero-order chi connectivity index (χ0) is 16.6. The molecule has 0 aliphatic carbocycles. The number of fused-ring (bicyclic) bond motifs is 1. The zero-order valence-electron chi connectivity index (χ0n) is 11.6. The van der Waals surface area contributed by atoms with Crippen LogP contribution in [0.15, 0.2) is 42.5 Å². The van der Waals surface area contributed by atoms with Gasteiger partial charge in [-0.25, -0.2) is 4.79 Å². The van der Waals surface area contributed by atoms with Crippen molar-refractivity contribution in [1.29, 1.82) is 0 Å². The minimum absolute atomic E-state index is 0.195. The summed E-state index contributed by atoms with van der Waals surface area (Å²) in [7, 11) is 0. The summed E-state index contributed by atoms with van der Waals surface area (Å²) < 4.78 is 0. The van der Waals surface area contributed by atoms with E-state index in [2.05, 4.69) is 0 Å². The second-order valence-corrected chi connectivity index (χ2v) is 5.60. The average molecular weight is 350 g/mol. The van der Waals surface area contributed by atoms with Gasteiger partial charge in [0.25, 0.3) is 11.8 Å². The lowest BCUT2D eigenvalue weighted by Crippen LogP contribution is -2.33. The van der Waals surface area contributed by atoms with Crippen LogP contribution in [-0.4, -0.2) is 22.8 Å². The Morgan fingerprint density at radius 2 is 1.43 bits per heavy atom. The second kappa shape index (κ2) is 6.02. The third kappa shape index (κ3) is 2.81. The summed E-state index contributed by atoms with van der Waals surface area (Å²) in [5.41, 5.74) is 0.764. The van der Waals surface area contributed by atoms with E-state index >= 15 is 0 Å². The zero-order valence-corrected chi connectivity index (χ0v) is 13.1. The van der Waals surface area contributed by atoms with Gasteiger partial charge in [-0.15, -0.1) is 0 Å². The topological polar surface area (TPSA) is 63.7 Å². The van der Waals surface area contributed by atoms with Gasteiger partial charge in [-0.1, -0.05) is 46.5 Å². The van der Waals surface area contributed by atoms with E-state index in [4.69, 9.17) is 28.0 Å². The predicted octanol–water partition coefficient (Wildman–Crippen LogP) is 3.29. The molecule has 1 aliphatic rings. The summed E-state index contributed by atoms with van der Waals surface area (Å²) >= 11 is 12.0. The summed E-state index contributed by atoms with van der Waals surface area (Å²) in [6.07, 6.45) is -0.258. The van der Waals surface area contributed by atoms with Crippen LogP contribution < -0.4 is 0 Å². The number of rotatable bonds is 3. The van der Waals surface area contributed by atoms with E-state index in [0.717, 1.165) is 0 Å². The maximum atomic E-state index is 12.1. The van der Waals surface area contributed by atoms with Crippen molar-refractivity contribution in [2.24, 2.45) is 0 Å². The third-order valence-electron chi connectivity index (χ3n) is 3.33. The van der Waals surface area contributed by atoms with Crippen molar-refractivity contribution in [3.8, 4) is 0 Å². The SMILES string of the molecule is O=C(Cc1c(Cl)cccc1Cl)ON1C(=O)c2ccccc2C1=O. The number of hydrogen-bond acceptors (Lipinski definition) is 4. The fraction of sp³-hybridized carbons (Fsp3) is 0.0625. The van der Waals surface area contributed by atoms with E-state index in [-0.39, 0.29) is 17.5 Å². The minimum atomic E-state index is -0.811. The summed E-state index contributed by atoms with van der Waals surface area (Å²) in [6, 6.07) is 11.0. The van der Waals surface area contributed by atoms with Gasteiger partial charge in [0.15, 0.2) is 0 Å². The molecule has 116 valence electrons. The Balaban J connectivity index is 1.77. The number of hydroxylamine groups is 2. The molecule has 0 radical (unpaired) electrons. The number of nitrogens with zero attached hydrogens (tertiary/aromatic N) is 1. The molecule has 0 unspecified atom stereocenters. The Kier molecular flexibility index (Phi) is 4.07. The fourth-order valence-corrected chi connectivity index (χ4v) is 2.76. The van der Waals surface area contributed by atoms with Gasteiger partial charge in [0.2, 0.25) is 0 Å². The van der Waals surface area contributed by atoms with Gasteiger partial charge in [0.1, 0.15) is 0 Å². The molecular formula is C16H9Cl2NO4. The molecule has 0 saturated heterocycles. The van der Waals surface area contributed by atoms with Crippen LogP contribution in [0.3, 0.4) is 0 Å². The summed E-state index contributed by atoms with van der Waals surface area (Å²) in [5.74, 6) is -2.16. The molecule has 0 aromatic heterocycles. The Labute approximate surface area is 141 Å². The van der Waals surface area contributed by atoms with Gasteiger partial charge in [0, 0.05) is 15.6 Å². The highest BCUT2D eigenvalue weighted by atomic mass is 35.5. The Bertz CT molecular complexity index is 779. The van der Waals surface area contributed by atoms with Gasteiger partial charge in [-0.05, 0) is 24.3 Å². The lowest BCUT2D eigenvalue weighted by atomic mass is 10.1. The van der Waals surface area contributed by atoms with Gasteiger partial charge in [-0.2, -0.15) is 0 Å². The number of carbonyl (C=O) groups excluding carboxylic acids is 3. The molecule has 0 N–H and O–H groups in total. The molecule has 0 spiro atoms. The summed E-state index contributed by atoms with van der Waals surface area (Å²) in [4.78, 5) is 41.1. The first-order valence-corrected chi connectivity index (χ1v) is 7.36. The van der Waals surface area contributed by atoms with E-state index in [9.17, 15) is 14.4 Å². The molecular weight excluding hydrogens is 341 g/mol. The molecule has 23 heavy (non-hydrogen) atoms. The van der Waals surface area contributed by atoms with Crippen LogP contribution in [-0.2, 0) is 16.1 Å². The third-order valence-corrected chi connectivity index (χ3v) is 4.04. The maximum absolute atomic E-state index is 12.1. The van der Waals surface area contributed by atoms with Crippen LogP contribution in [0.5, 0.6) is 0 Å². The van der Waals surface area contributed by atoms with Gasteiger partial charge < -0.3 is 4.84 Å². The summed E-state index contributed by atoms with van der Waals surface area (Å²) in [6.45, 7) is 0. The van der Waals surface area contributed by atoms with Gasteiger partial charge in [-0.3, -0.25) is 9.59 Å². The lowest BCUT2D eigenvalue weighted by Gasteiger charge is -2.13. The van der Waals surface area contributed by atoms with Crippen molar-refractivity contribution < 1.29 is 19.2 Å². The number of halogens is 2. The molecule has 0 fully saturated rings. The van der Waals surface area contributed by atoms with E-state index in [1.54, 1.807) is 30.3 Å². The molecule has 0 bridgehead atoms. The molecule has 2 amide bonds. The number of hydrogen-bond donors (Lipinski definition) is 0. The van der Waals surface area contributed by atoms with E-state index in [1.807, 2.05) is 0 Å². The highest BCUT2D eigenvalue weighted by Gasteiger charge is 2.38. The minimum Gasteiger partial charge on any atom is -0.329 e. The largest absolute Gasteiger partial charge is 0.337 e. The number of benzene rings is 2. The smallest absolute Gasteiger partial charge is 0.329 e. The average Bonchev–Trinajstić information content (AvgIpc) is 2.77. The van der Waals surface area contributed by atoms with Crippen molar-refractivity contribution >= 4 is 41.0 Å². The van der Waals surface area contributed by atoms with Crippen molar-refractivity contribution in [1.82, 2.24) is 5.06 Å². The normalized spacial score (nSPS) is 13.2.